The molecule has 2 heterocycles. The zero-order valence-corrected chi connectivity index (χ0v) is 16.0. The number of carbonyl (C=O) groups excluding carboxylic acids is 1. The zero-order chi connectivity index (χ0) is 18.4. The number of hydrogen-bond acceptors (Lipinski definition) is 4. The van der Waals surface area contributed by atoms with Gasteiger partial charge in [0.05, 0.1) is 12.8 Å². The molecule has 5 nitrogen and oxygen atoms in total. The number of halogens is 1. The van der Waals surface area contributed by atoms with Crippen LogP contribution in [0.3, 0.4) is 0 Å². The summed E-state index contributed by atoms with van der Waals surface area (Å²) in [6.45, 7) is 0.373. The Morgan fingerprint density at radius 1 is 1.15 bits per heavy atom. The summed E-state index contributed by atoms with van der Waals surface area (Å²) < 4.78 is 11.9. The predicted molar refractivity (Wildman–Crippen MR) is 107 cm³/mol. The third kappa shape index (κ3) is 5.18. The van der Waals surface area contributed by atoms with Crippen molar-refractivity contribution in [3.8, 4) is 11.3 Å². The lowest BCUT2D eigenvalue weighted by atomic mass is 10.2. The molecular weight excluding hydrogens is 416 g/mol. The highest BCUT2D eigenvalue weighted by Gasteiger charge is 2.06. The fraction of sp³-hybridized carbons (Fsp3) is 0.0526. The lowest BCUT2D eigenvalue weighted by molar-refractivity contribution is -0.115. The van der Waals surface area contributed by atoms with E-state index in [1.807, 2.05) is 36.4 Å². The molecule has 0 spiro atoms. The number of carbonyl (C=O) groups is 1. The van der Waals surface area contributed by atoms with Crippen LogP contribution in [0, 0.1) is 0 Å². The van der Waals surface area contributed by atoms with Crippen molar-refractivity contribution in [1.29, 1.82) is 0 Å². The summed E-state index contributed by atoms with van der Waals surface area (Å²) >= 11 is 8.52. The monoisotopic (exact) mass is 430 g/mol. The maximum atomic E-state index is 11.8. The van der Waals surface area contributed by atoms with E-state index in [4.69, 9.17) is 21.1 Å². The van der Waals surface area contributed by atoms with Crippen LogP contribution in [0.1, 0.15) is 11.5 Å². The van der Waals surface area contributed by atoms with Gasteiger partial charge in [0.2, 0.25) is 5.91 Å². The molecule has 0 fully saturated rings. The van der Waals surface area contributed by atoms with Gasteiger partial charge in [0.1, 0.15) is 17.3 Å². The van der Waals surface area contributed by atoms with Crippen LogP contribution in [0.5, 0.6) is 0 Å². The average Bonchev–Trinajstić information content (AvgIpc) is 3.31. The van der Waals surface area contributed by atoms with E-state index >= 15 is 0 Å². The Bertz CT molecular complexity index is 915. The molecule has 0 radical (unpaired) electrons. The van der Waals surface area contributed by atoms with Gasteiger partial charge in [0.25, 0.3) is 0 Å². The van der Waals surface area contributed by atoms with Crippen LogP contribution < -0.4 is 10.6 Å². The van der Waals surface area contributed by atoms with Crippen molar-refractivity contribution in [2.45, 2.75) is 6.54 Å². The van der Waals surface area contributed by atoms with Crippen molar-refractivity contribution < 1.29 is 13.6 Å². The van der Waals surface area contributed by atoms with Gasteiger partial charge < -0.3 is 14.2 Å². The highest BCUT2D eigenvalue weighted by molar-refractivity contribution is 9.10. The Morgan fingerprint density at radius 3 is 2.69 bits per heavy atom. The van der Waals surface area contributed by atoms with Crippen LogP contribution in [0.15, 0.2) is 74.2 Å². The molecule has 2 N–H and O–H groups in total. The molecule has 0 aliphatic carbocycles. The van der Waals surface area contributed by atoms with Crippen LogP contribution in [-0.4, -0.2) is 11.0 Å². The number of nitrogens with one attached hydrogen (secondary N) is 2. The van der Waals surface area contributed by atoms with Crippen LogP contribution in [-0.2, 0) is 11.3 Å². The van der Waals surface area contributed by atoms with E-state index in [-0.39, 0.29) is 11.0 Å². The zero-order valence-electron chi connectivity index (χ0n) is 13.6. The molecule has 0 atom stereocenters. The molecule has 1 amide bonds. The first-order valence-electron chi connectivity index (χ1n) is 7.75. The van der Waals surface area contributed by atoms with E-state index in [1.165, 1.54) is 12.3 Å². The Balaban J connectivity index is 1.48. The molecule has 0 aliphatic rings. The SMILES string of the molecule is O=C(/C=C/c1ccco1)NC(=S)NCc1ccc(-c2ccc(Br)cc2)o1. The molecule has 0 bridgehead atoms. The van der Waals surface area contributed by atoms with Gasteiger partial charge >= 0.3 is 0 Å². The van der Waals surface area contributed by atoms with E-state index in [0.29, 0.717) is 18.1 Å². The molecule has 26 heavy (non-hydrogen) atoms. The average molecular weight is 431 g/mol. The lowest BCUT2D eigenvalue weighted by Gasteiger charge is -2.06. The standard InChI is InChI=1S/C19H15BrN2O3S/c20-14-5-3-13(4-6-14)17-9-7-16(25-17)12-21-19(26)22-18(23)10-8-15-2-1-11-24-15/h1-11H,12H2,(H2,21,22,23,26)/b10-8+. The summed E-state index contributed by atoms with van der Waals surface area (Å²) in [5.74, 6) is 1.74. The second kappa shape index (κ2) is 8.64. The molecule has 0 unspecified atom stereocenters. The summed E-state index contributed by atoms with van der Waals surface area (Å²) in [4.78, 5) is 11.8. The Hall–Kier alpha value is -2.64. The summed E-state index contributed by atoms with van der Waals surface area (Å²) in [6.07, 6.45) is 4.45. The van der Waals surface area contributed by atoms with E-state index < -0.39 is 0 Å². The molecule has 0 aliphatic heterocycles. The first-order chi connectivity index (χ1) is 12.6. The van der Waals surface area contributed by atoms with Gasteiger partial charge in [0, 0.05) is 16.1 Å². The van der Waals surface area contributed by atoms with Crippen LogP contribution >= 0.6 is 28.1 Å². The molecule has 3 rings (SSSR count). The van der Waals surface area contributed by atoms with E-state index in [2.05, 4.69) is 26.6 Å². The number of amides is 1. The third-order valence-electron chi connectivity index (χ3n) is 3.39. The molecule has 132 valence electrons. The number of thiocarbonyl (C=S) groups is 1. The van der Waals surface area contributed by atoms with Crippen molar-refractivity contribution in [2.75, 3.05) is 0 Å². The summed E-state index contributed by atoms with van der Waals surface area (Å²) in [7, 11) is 0. The van der Waals surface area contributed by atoms with Gasteiger partial charge in [-0.1, -0.05) is 28.1 Å². The van der Waals surface area contributed by atoms with Crippen LogP contribution in [0.4, 0.5) is 0 Å². The maximum absolute atomic E-state index is 11.8. The molecular formula is C19H15BrN2O3S. The van der Waals surface area contributed by atoms with Gasteiger partial charge in [-0.3, -0.25) is 10.1 Å². The number of rotatable bonds is 5. The van der Waals surface area contributed by atoms with Crippen molar-refractivity contribution in [3.05, 3.63) is 76.9 Å². The normalized spacial score (nSPS) is 10.8. The predicted octanol–water partition coefficient (Wildman–Crippen LogP) is 4.51. The van der Waals surface area contributed by atoms with Crippen LogP contribution in [0.25, 0.3) is 17.4 Å². The third-order valence-corrected chi connectivity index (χ3v) is 4.17. The molecule has 2 aromatic heterocycles. The van der Waals surface area contributed by atoms with Crippen molar-refractivity contribution in [3.63, 3.8) is 0 Å². The Kier molecular flexibility index (Phi) is 6.04. The van der Waals surface area contributed by atoms with Gasteiger partial charge in [-0.05, 0) is 54.7 Å². The van der Waals surface area contributed by atoms with Crippen molar-refractivity contribution in [2.24, 2.45) is 0 Å². The highest BCUT2D eigenvalue weighted by Crippen LogP contribution is 2.23. The van der Waals surface area contributed by atoms with Crippen molar-refractivity contribution >= 4 is 45.2 Å². The first-order valence-corrected chi connectivity index (χ1v) is 8.95. The van der Waals surface area contributed by atoms with Gasteiger partial charge in [0.15, 0.2) is 5.11 Å². The van der Waals surface area contributed by atoms with E-state index in [0.717, 1.165) is 15.8 Å². The Labute approximate surface area is 164 Å². The minimum absolute atomic E-state index is 0.223. The fourth-order valence-electron chi connectivity index (χ4n) is 2.15. The topological polar surface area (TPSA) is 67.4 Å². The highest BCUT2D eigenvalue weighted by atomic mass is 79.9. The largest absolute Gasteiger partial charge is 0.465 e. The quantitative estimate of drug-likeness (QED) is 0.460. The summed E-state index contributed by atoms with van der Waals surface area (Å²) in [5, 5.41) is 5.72. The maximum Gasteiger partial charge on any atom is 0.250 e. The van der Waals surface area contributed by atoms with E-state index in [1.54, 1.807) is 18.2 Å². The fourth-order valence-corrected chi connectivity index (χ4v) is 2.59. The summed E-state index contributed by atoms with van der Waals surface area (Å²) in [5.41, 5.74) is 0.985. The first kappa shape index (κ1) is 18.2. The molecule has 3 aromatic rings. The molecule has 1 aromatic carbocycles. The number of hydrogen-bond donors (Lipinski definition) is 2. The van der Waals surface area contributed by atoms with Gasteiger partial charge in [-0.15, -0.1) is 0 Å². The second-order valence-corrected chi connectivity index (χ2v) is 6.62. The molecule has 7 heteroatoms. The number of furan rings is 2. The van der Waals surface area contributed by atoms with Gasteiger partial charge in [-0.2, -0.15) is 0 Å². The van der Waals surface area contributed by atoms with E-state index in [9.17, 15) is 4.79 Å². The lowest BCUT2D eigenvalue weighted by Crippen LogP contribution is -2.37. The van der Waals surface area contributed by atoms with Gasteiger partial charge in [-0.25, -0.2) is 0 Å². The van der Waals surface area contributed by atoms with Crippen LogP contribution in [0.2, 0.25) is 0 Å². The minimum Gasteiger partial charge on any atom is -0.465 e. The second-order valence-electron chi connectivity index (χ2n) is 5.29. The minimum atomic E-state index is -0.339. The Morgan fingerprint density at radius 2 is 1.96 bits per heavy atom. The number of benzene rings is 1. The molecule has 0 saturated heterocycles. The molecule has 0 saturated carbocycles. The van der Waals surface area contributed by atoms with Crippen molar-refractivity contribution in [1.82, 2.24) is 10.6 Å². The summed E-state index contributed by atoms with van der Waals surface area (Å²) in [6, 6.07) is 15.1. The smallest absolute Gasteiger partial charge is 0.250 e.